The predicted molar refractivity (Wildman–Crippen MR) is 89.1 cm³/mol. The van der Waals surface area contributed by atoms with Crippen molar-refractivity contribution in [1.29, 1.82) is 0 Å². The summed E-state index contributed by atoms with van der Waals surface area (Å²) < 4.78 is 5.94. The van der Waals surface area contributed by atoms with Crippen LogP contribution in [0, 0.1) is 6.92 Å². The maximum atomic E-state index is 5.94. The summed E-state index contributed by atoms with van der Waals surface area (Å²) in [7, 11) is 0. The van der Waals surface area contributed by atoms with Crippen molar-refractivity contribution in [3.8, 4) is 5.75 Å². The first-order valence-corrected chi connectivity index (χ1v) is 8.44. The summed E-state index contributed by atoms with van der Waals surface area (Å²) in [6.45, 7) is 12.0. The summed E-state index contributed by atoms with van der Waals surface area (Å²) in [6, 6.07) is 6.95. The maximum absolute atomic E-state index is 5.94. The number of para-hydroxylation sites is 1. The highest BCUT2D eigenvalue weighted by molar-refractivity contribution is 5.43. The van der Waals surface area contributed by atoms with Gasteiger partial charge in [-0.1, -0.05) is 32.0 Å². The SMILES string of the molecule is CCN(CC)CCCNC1CCCOc2c(C)cccc21. The Morgan fingerprint density at radius 2 is 2.10 bits per heavy atom. The molecule has 21 heavy (non-hydrogen) atoms. The van der Waals surface area contributed by atoms with E-state index in [1.165, 1.54) is 30.5 Å². The van der Waals surface area contributed by atoms with Gasteiger partial charge in [-0.3, -0.25) is 0 Å². The molecule has 1 aromatic carbocycles. The van der Waals surface area contributed by atoms with Crippen molar-refractivity contribution >= 4 is 0 Å². The Bertz CT molecular complexity index is 429. The van der Waals surface area contributed by atoms with E-state index in [1.54, 1.807) is 0 Å². The van der Waals surface area contributed by atoms with Crippen LogP contribution in [0.25, 0.3) is 0 Å². The van der Waals surface area contributed by atoms with Gasteiger partial charge in [0.2, 0.25) is 0 Å². The van der Waals surface area contributed by atoms with E-state index in [9.17, 15) is 0 Å². The van der Waals surface area contributed by atoms with Gasteiger partial charge in [0, 0.05) is 11.6 Å². The Morgan fingerprint density at radius 3 is 2.86 bits per heavy atom. The van der Waals surface area contributed by atoms with E-state index in [2.05, 4.69) is 49.2 Å². The van der Waals surface area contributed by atoms with Crippen molar-refractivity contribution in [3.05, 3.63) is 29.3 Å². The van der Waals surface area contributed by atoms with Crippen molar-refractivity contribution in [3.63, 3.8) is 0 Å². The highest BCUT2D eigenvalue weighted by Crippen LogP contribution is 2.33. The monoisotopic (exact) mass is 290 g/mol. The van der Waals surface area contributed by atoms with Gasteiger partial charge in [0.25, 0.3) is 0 Å². The van der Waals surface area contributed by atoms with Crippen LogP contribution in [-0.2, 0) is 0 Å². The topological polar surface area (TPSA) is 24.5 Å². The van der Waals surface area contributed by atoms with Gasteiger partial charge in [0.1, 0.15) is 5.75 Å². The number of hydrogen-bond acceptors (Lipinski definition) is 3. The Balaban J connectivity index is 1.90. The smallest absolute Gasteiger partial charge is 0.126 e. The van der Waals surface area contributed by atoms with Crippen molar-refractivity contribution in [2.24, 2.45) is 0 Å². The second kappa shape index (κ2) is 8.40. The lowest BCUT2D eigenvalue weighted by atomic mass is 10.00. The first-order chi connectivity index (χ1) is 10.3. The molecule has 1 atom stereocenters. The first kappa shape index (κ1) is 16.3. The fourth-order valence-electron chi connectivity index (χ4n) is 3.09. The zero-order valence-electron chi connectivity index (χ0n) is 13.8. The minimum Gasteiger partial charge on any atom is -0.493 e. The standard InChI is InChI=1S/C18H30N2O/c1-4-20(5-2)13-8-12-19-17-11-7-14-21-18-15(3)9-6-10-16(17)18/h6,9-10,17,19H,4-5,7-8,11-14H2,1-3H3. The number of ether oxygens (including phenoxy) is 1. The highest BCUT2D eigenvalue weighted by atomic mass is 16.5. The molecule has 3 heteroatoms. The molecule has 0 saturated carbocycles. The zero-order chi connectivity index (χ0) is 15.1. The van der Waals surface area contributed by atoms with Crippen LogP contribution in [0.5, 0.6) is 5.75 Å². The molecule has 0 aliphatic carbocycles. The normalized spacial score (nSPS) is 18.2. The van der Waals surface area contributed by atoms with E-state index in [0.29, 0.717) is 6.04 Å². The first-order valence-electron chi connectivity index (χ1n) is 8.44. The van der Waals surface area contributed by atoms with Crippen LogP contribution in [-0.4, -0.2) is 37.7 Å². The predicted octanol–water partition coefficient (Wildman–Crippen LogP) is 3.53. The lowest BCUT2D eigenvalue weighted by Crippen LogP contribution is -2.28. The van der Waals surface area contributed by atoms with Crippen LogP contribution < -0.4 is 10.1 Å². The molecule has 0 spiro atoms. The molecule has 0 amide bonds. The minimum absolute atomic E-state index is 0.444. The van der Waals surface area contributed by atoms with Crippen LogP contribution in [0.15, 0.2) is 18.2 Å². The van der Waals surface area contributed by atoms with Gasteiger partial charge in [0.05, 0.1) is 6.61 Å². The largest absolute Gasteiger partial charge is 0.493 e. The quantitative estimate of drug-likeness (QED) is 0.778. The summed E-state index contributed by atoms with van der Waals surface area (Å²) in [4.78, 5) is 2.48. The van der Waals surface area contributed by atoms with Crippen molar-refractivity contribution in [1.82, 2.24) is 10.2 Å². The van der Waals surface area contributed by atoms with Crippen molar-refractivity contribution in [2.75, 3.05) is 32.8 Å². The summed E-state index contributed by atoms with van der Waals surface area (Å²) >= 11 is 0. The van der Waals surface area contributed by atoms with Crippen LogP contribution in [0.4, 0.5) is 0 Å². The lowest BCUT2D eigenvalue weighted by molar-refractivity contribution is 0.294. The highest BCUT2D eigenvalue weighted by Gasteiger charge is 2.20. The molecular weight excluding hydrogens is 260 g/mol. The molecule has 3 nitrogen and oxygen atoms in total. The van der Waals surface area contributed by atoms with E-state index in [-0.39, 0.29) is 0 Å². The minimum atomic E-state index is 0.444. The number of benzene rings is 1. The van der Waals surface area contributed by atoms with Gasteiger partial charge in [0.15, 0.2) is 0 Å². The molecule has 0 radical (unpaired) electrons. The van der Waals surface area contributed by atoms with Gasteiger partial charge in [-0.05, 0) is 57.9 Å². The average molecular weight is 290 g/mol. The Hall–Kier alpha value is -1.06. The van der Waals surface area contributed by atoms with E-state index in [4.69, 9.17) is 4.74 Å². The Labute approximate surface area is 129 Å². The average Bonchev–Trinajstić information content (AvgIpc) is 2.71. The number of fused-ring (bicyclic) bond motifs is 1. The molecule has 1 unspecified atom stereocenters. The fraction of sp³-hybridized carbons (Fsp3) is 0.667. The second-order valence-corrected chi connectivity index (χ2v) is 5.87. The zero-order valence-corrected chi connectivity index (χ0v) is 13.8. The number of aryl methyl sites for hydroxylation is 1. The van der Waals surface area contributed by atoms with Gasteiger partial charge in [-0.15, -0.1) is 0 Å². The molecule has 1 heterocycles. The number of rotatable bonds is 7. The molecule has 118 valence electrons. The summed E-state index contributed by atoms with van der Waals surface area (Å²) in [5, 5.41) is 3.74. The van der Waals surface area contributed by atoms with Crippen molar-refractivity contribution in [2.45, 2.75) is 46.1 Å². The van der Waals surface area contributed by atoms with Gasteiger partial charge < -0.3 is 15.0 Å². The molecular formula is C18H30N2O. The van der Waals surface area contributed by atoms with Crippen LogP contribution >= 0.6 is 0 Å². The van der Waals surface area contributed by atoms with Gasteiger partial charge in [-0.2, -0.15) is 0 Å². The van der Waals surface area contributed by atoms with Crippen molar-refractivity contribution < 1.29 is 4.74 Å². The molecule has 0 bridgehead atoms. The van der Waals surface area contributed by atoms with E-state index < -0.39 is 0 Å². The summed E-state index contributed by atoms with van der Waals surface area (Å²) in [5.41, 5.74) is 2.60. The Morgan fingerprint density at radius 1 is 1.29 bits per heavy atom. The van der Waals surface area contributed by atoms with E-state index in [1.807, 2.05) is 0 Å². The third-order valence-corrected chi connectivity index (χ3v) is 4.44. The molecule has 1 aromatic rings. The number of nitrogens with zero attached hydrogens (tertiary/aromatic N) is 1. The van der Waals surface area contributed by atoms with E-state index >= 15 is 0 Å². The second-order valence-electron chi connectivity index (χ2n) is 5.87. The Kier molecular flexibility index (Phi) is 6.52. The lowest BCUT2D eigenvalue weighted by Gasteiger charge is -2.21. The molecule has 2 rings (SSSR count). The summed E-state index contributed by atoms with van der Waals surface area (Å²) in [5.74, 6) is 1.11. The van der Waals surface area contributed by atoms with Gasteiger partial charge >= 0.3 is 0 Å². The number of nitrogens with one attached hydrogen (secondary N) is 1. The fourth-order valence-corrected chi connectivity index (χ4v) is 3.09. The third-order valence-electron chi connectivity index (χ3n) is 4.44. The van der Waals surface area contributed by atoms with Crippen LogP contribution in [0.1, 0.15) is 50.3 Å². The third kappa shape index (κ3) is 4.45. The van der Waals surface area contributed by atoms with Crippen LogP contribution in [0.3, 0.4) is 0 Å². The molecule has 1 aliphatic heterocycles. The number of hydrogen-bond donors (Lipinski definition) is 1. The molecule has 1 N–H and O–H groups in total. The molecule has 0 fully saturated rings. The molecule has 0 saturated heterocycles. The maximum Gasteiger partial charge on any atom is 0.126 e. The molecule has 0 aromatic heterocycles. The van der Waals surface area contributed by atoms with Crippen LogP contribution in [0.2, 0.25) is 0 Å². The van der Waals surface area contributed by atoms with Gasteiger partial charge in [-0.25, -0.2) is 0 Å². The summed E-state index contributed by atoms with van der Waals surface area (Å²) in [6.07, 6.45) is 3.50. The molecule has 1 aliphatic rings. The van der Waals surface area contributed by atoms with E-state index in [0.717, 1.165) is 38.4 Å².